The fraction of sp³-hybridized carbons (Fsp3) is 0.375. The molecule has 1 aromatic heterocycles. The van der Waals surface area contributed by atoms with E-state index in [9.17, 15) is 0 Å². The van der Waals surface area contributed by atoms with Gasteiger partial charge in [0.25, 0.3) is 0 Å². The number of nitrogens with zero attached hydrogens (tertiary/aromatic N) is 3. The van der Waals surface area contributed by atoms with Crippen LogP contribution < -0.4 is 0 Å². The first kappa shape index (κ1) is 13.3. The van der Waals surface area contributed by atoms with Gasteiger partial charge in [0.1, 0.15) is 5.01 Å². The summed E-state index contributed by atoms with van der Waals surface area (Å²) in [6, 6.07) is 8.50. The van der Waals surface area contributed by atoms with Gasteiger partial charge in [-0.05, 0) is 44.0 Å². The lowest BCUT2D eigenvalue weighted by atomic mass is 10.1. The lowest BCUT2D eigenvalue weighted by molar-refractivity contribution is 0.245. The standard InChI is InChI=1S/C16H17N3S/c1-11(2)19-7-5-13(6-8-19)16-18-14-9-12(10-17)3-4-15(14)20-16/h3-5,9,11H,6-8H2,1-2H3. The van der Waals surface area contributed by atoms with Crippen LogP contribution in [0.5, 0.6) is 0 Å². The predicted octanol–water partition coefficient (Wildman–Crippen LogP) is 3.67. The molecule has 0 radical (unpaired) electrons. The Morgan fingerprint density at radius 2 is 2.25 bits per heavy atom. The van der Waals surface area contributed by atoms with Gasteiger partial charge in [-0.1, -0.05) is 6.08 Å². The number of hydrogen-bond donors (Lipinski definition) is 0. The van der Waals surface area contributed by atoms with Crippen molar-refractivity contribution in [3.63, 3.8) is 0 Å². The molecule has 2 aromatic rings. The topological polar surface area (TPSA) is 39.9 Å². The van der Waals surface area contributed by atoms with Crippen LogP contribution in [0, 0.1) is 11.3 Å². The summed E-state index contributed by atoms with van der Waals surface area (Å²) in [4.78, 5) is 7.16. The lowest BCUT2D eigenvalue weighted by Crippen LogP contribution is -2.34. The molecule has 1 aliphatic rings. The molecule has 0 atom stereocenters. The molecule has 0 saturated carbocycles. The number of rotatable bonds is 2. The molecule has 102 valence electrons. The normalized spacial score (nSPS) is 16.4. The maximum absolute atomic E-state index is 8.94. The summed E-state index contributed by atoms with van der Waals surface area (Å²) in [7, 11) is 0. The Kier molecular flexibility index (Phi) is 3.56. The van der Waals surface area contributed by atoms with E-state index in [1.807, 2.05) is 18.2 Å². The molecule has 2 heterocycles. The number of nitriles is 1. The monoisotopic (exact) mass is 283 g/mol. The molecule has 0 aliphatic carbocycles. The summed E-state index contributed by atoms with van der Waals surface area (Å²) in [5.74, 6) is 0. The van der Waals surface area contributed by atoms with Crippen molar-refractivity contribution in [2.45, 2.75) is 26.3 Å². The van der Waals surface area contributed by atoms with E-state index in [4.69, 9.17) is 10.2 Å². The molecule has 4 heteroatoms. The molecule has 0 bridgehead atoms. The van der Waals surface area contributed by atoms with Crippen molar-refractivity contribution in [3.8, 4) is 6.07 Å². The highest BCUT2D eigenvalue weighted by Crippen LogP contribution is 2.31. The number of benzene rings is 1. The van der Waals surface area contributed by atoms with Gasteiger partial charge in [-0.3, -0.25) is 4.90 Å². The summed E-state index contributed by atoms with van der Waals surface area (Å²) < 4.78 is 1.16. The molecular formula is C16H17N3S. The lowest BCUT2D eigenvalue weighted by Gasteiger charge is -2.29. The Hall–Kier alpha value is -1.70. The average molecular weight is 283 g/mol. The minimum atomic E-state index is 0.598. The number of aromatic nitrogens is 1. The maximum Gasteiger partial charge on any atom is 0.120 e. The number of hydrogen-bond acceptors (Lipinski definition) is 4. The Morgan fingerprint density at radius 1 is 1.40 bits per heavy atom. The van der Waals surface area contributed by atoms with E-state index in [-0.39, 0.29) is 0 Å². The molecule has 20 heavy (non-hydrogen) atoms. The van der Waals surface area contributed by atoms with Crippen LogP contribution >= 0.6 is 11.3 Å². The van der Waals surface area contributed by atoms with Gasteiger partial charge in [0, 0.05) is 19.1 Å². The number of thiazole rings is 1. The second kappa shape index (κ2) is 5.35. The Bertz CT molecular complexity index is 706. The van der Waals surface area contributed by atoms with Crippen molar-refractivity contribution in [1.82, 2.24) is 9.88 Å². The van der Waals surface area contributed by atoms with Gasteiger partial charge in [-0.15, -0.1) is 11.3 Å². The smallest absolute Gasteiger partial charge is 0.120 e. The molecule has 0 spiro atoms. The summed E-state index contributed by atoms with van der Waals surface area (Å²) in [5.41, 5.74) is 2.97. The molecule has 3 nitrogen and oxygen atoms in total. The molecule has 0 N–H and O–H groups in total. The summed E-state index contributed by atoms with van der Waals surface area (Å²) in [5, 5.41) is 10.1. The molecule has 0 amide bonds. The first-order valence-electron chi connectivity index (χ1n) is 6.91. The molecule has 0 unspecified atom stereocenters. The molecule has 0 fully saturated rings. The van der Waals surface area contributed by atoms with Gasteiger partial charge in [-0.25, -0.2) is 4.98 Å². The van der Waals surface area contributed by atoms with Crippen molar-refractivity contribution in [2.24, 2.45) is 0 Å². The zero-order valence-corrected chi connectivity index (χ0v) is 12.6. The van der Waals surface area contributed by atoms with Crippen LogP contribution in [0.2, 0.25) is 0 Å². The maximum atomic E-state index is 8.94. The highest BCUT2D eigenvalue weighted by Gasteiger charge is 2.17. The summed E-state index contributed by atoms with van der Waals surface area (Å²) in [6.07, 6.45) is 3.36. The van der Waals surface area contributed by atoms with Crippen LogP contribution in [0.25, 0.3) is 15.8 Å². The first-order valence-corrected chi connectivity index (χ1v) is 7.73. The van der Waals surface area contributed by atoms with Crippen LogP contribution in [0.4, 0.5) is 0 Å². The van der Waals surface area contributed by atoms with Crippen LogP contribution in [0.3, 0.4) is 0 Å². The van der Waals surface area contributed by atoms with Crippen molar-refractivity contribution >= 4 is 27.1 Å². The minimum absolute atomic E-state index is 0.598. The predicted molar refractivity (Wildman–Crippen MR) is 83.6 cm³/mol. The average Bonchev–Trinajstić information content (AvgIpc) is 2.90. The van der Waals surface area contributed by atoms with Gasteiger partial charge in [0.15, 0.2) is 0 Å². The minimum Gasteiger partial charge on any atom is -0.297 e. The summed E-state index contributed by atoms with van der Waals surface area (Å²) in [6.45, 7) is 6.58. The SMILES string of the molecule is CC(C)N1CC=C(c2nc3cc(C#N)ccc3s2)CC1. The van der Waals surface area contributed by atoms with Crippen molar-refractivity contribution in [1.29, 1.82) is 5.26 Å². The fourth-order valence-corrected chi connectivity index (χ4v) is 3.50. The van der Waals surface area contributed by atoms with E-state index < -0.39 is 0 Å². The van der Waals surface area contributed by atoms with E-state index in [2.05, 4.69) is 30.9 Å². The third-order valence-electron chi connectivity index (χ3n) is 3.76. The Labute approximate surface area is 123 Å². The van der Waals surface area contributed by atoms with Crippen LogP contribution in [0.15, 0.2) is 24.3 Å². The molecular weight excluding hydrogens is 266 g/mol. The molecule has 1 aliphatic heterocycles. The van der Waals surface area contributed by atoms with Gasteiger partial charge in [-0.2, -0.15) is 5.26 Å². The van der Waals surface area contributed by atoms with E-state index in [0.29, 0.717) is 11.6 Å². The van der Waals surface area contributed by atoms with Gasteiger partial charge < -0.3 is 0 Å². The summed E-state index contributed by atoms with van der Waals surface area (Å²) >= 11 is 1.73. The first-order chi connectivity index (χ1) is 9.67. The third-order valence-corrected chi connectivity index (χ3v) is 4.87. The van der Waals surface area contributed by atoms with Crippen LogP contribution in [-0.2, 0) is 0 Å². The zero-order valence-electron chi connectivity index (χ0n) is 11.8. The second-order valence-electron chi connectivity index (χ2n) is 5.38. The second-order valence-corrected chi connectivity index (χ2v) is 6.41. The largest absolute Gasteiger partial charge is 0.297 e. The quantitative estimate of drug-likeness (QED) is 0.844. The van der Waals surface area contributed by atoms with Gasteiger partial charge >= 0.3 is 0 Å². The highest BCUT2D eigenvalue weighted by atomic mass is 32.1. The molecule has 0 saturated heterocycles. The van der Waals surface area contributed by atoms with Crippen LogP contribution in [0.1, 0.15) is 30.8 Å². The van der Waals surface area contributed by atoms with Crippen molar-refractivity contribution in [3.05, 3.63) is 34.8 Å². The fourth-order valence-electron chi connectivity index (χ4n) is 2.48. The van der Waals surface area contributed by atoms with Crippen molar-refractivity contribution in [2.75, 3.05) is 13.1 Å². The van der Waals surface area contributed by atoms with Crippen LogP contribution in [-0.4, -0.2) is 29.0 Å². The third kappa shape index (κ3) is 2.47. The van der Waals surface area contributed by atoms with E-state index in [1.54, 1.807) is 11.3 Å². The number of fused-ring (bicyclic) bond motifs is 1. The van der Waals surface area contributed by atoms with E-state index in [0.717, 1.165) is 34.7 Å². The Morgan fingerprint density at radius 3 is 2.90 bits per heavy atom. The zero-order chi connectivity index (χ0) is 14.1. The van der Waals surface area contributed by atoms with Gasteiger partial charge in [0.05, 0.1) is 21.8 Å². The highest BCUT2D eigenvalue weighted by molar-refractivity contribution is 7.19. The van der Waals surface area contributed by atoms with E-state index >= 15 is 0 Å². The molecule has 3 rings (SSSR count). The van der Waals surface area contributed by atoms with Crippen molar-refractivity contribution < 1.29 is 0 Å². The van der Waals surface area contributed by atoms with Gasteiger partial charge in [0.2, 0.25) is 0 Å². The molecule has 1 aromatic carbocycles. The van der Waals surface area contributed by atoms with E-state index in [1.165, 1.54) is 5.57 Å². The Balaban J connectivity index is 1.90.